The number of ether oxygens (including phenoxy) is 2. The van der Waals surface area contributed by atoms with Gasteiger partial charge >= 0.3 is 12.1 Å². The van der Waals surface area contributed by atoms with Crippen LogP contribution in [0.4, 0.5) is 4.79 Å². The molecule has 1 atom stereocenters. The number of rotatable bonds is 6. The number of carbonyl (C=O) groups excluding carboxylic acids is 4. The summed E-state index contributed by atoms with van der Waals surface area (Å²) in [5, 5.41) is 0.369. The van der Waals surface area contributed by atoms with Crippen LogP contribution in [0.1, 0.15) is 46.5 Å². The fourth-order valence-electron chi connectivity index (χ4n) is 1.54. The van der Waals surface area contributed by atoms with E-state index in [1.807, 2.05) is 6.92 Å². The Balaban J connectivity index is 2.54. The molecule has 1 aliphatic rings. The SMILES string of the molecule is CCCC(=O)OC(OC(=O)ON1C(=O)CCC1=O)C(C)C. The van der Waals surface area contributed by atoms with E-state index in [4.69, 9.17) is 9.47 Å². The Morgan fingerprint density at radius 2 is 1.71 bits per heavy atom. The molecule has 21 heavy (non-hydrogen) atoms. The Morgan fingerprint density at radius 1 is 1.14 bits per heavy atom. The van der Waals surface area contributed by atoms with Gasteiger partial charge in [0.05, 0.1) is 0 Å². The van der Waals surface area contributed by atoms with Gasteiger partial charge in [-0.25, -0.2) is 4.79 Å². The first-order chi connectivity index (χ1) is 9.85. The molecule has 0 aromatic rings. The van der Waals surface area contributed by atoms with Crippen molar-refractivity contribution in [3.05, 3.63) is 0 Å². The highest BCUT2D eigenvalue weighted by molar-refractivity contribution is 6.01. The first-order valence-electron chi connectivity index (χ1n) is 6.79. The third-order valence-electron chi connectivity index (χ3n) is 2.63. The van der Waals surface area contributed by atoms with Gasteiger partial charge in [0.15, 0.2) is 0 Å². The molecule has 0 spiro atoms. The minimum Gasteiger partial charge on any atom is -0.425 e. The lowest BCUT2D eigenvalue weighted by atomic mass is 10.2. The Kier molecular flexibility index (Phi) is 6.13. The number of imide groups is 1. The predicted molar refractivity (Wildman–Crippen MR) is 68.3 cm³/mol. The number of nitrogens with zero attached hydrogens (tertiary/aromatic N) is 1. The van der Waals surface area contributed by atoms with Crippen LogP contribution in [0.15, 0.2) is 0 Å². The zero-order valence-corrected chi connectivity index (χ0v) is 12.3. The summed E-state index contributed by atoms with van der Waals surface area (Å²) in [7, 11) is 0. The maximum atomic E-state index is 11.6. The number of hydrogen-bond acceptors (Lipinski definition) is 7. The normalized spacial score (nSPS) is 16.1. The summed E-state index contributed by atoms with van der Waals surface area (Å²) in [6, 6.07) is 0. The standard InChI is InChI=1S/C13H19NO7/c1-4-5-11(17)19-12(8(2)3)20-13(18)21-14-9(15)6-7-10(14)16/h8,12H,4-7H2,1-3H3. The number of hydroxylamine groups is 2. The van der Waals surface area contributed by atoms with Gasteiger partial charge in [0.1, 0.15) is 0 Å². The van der Waals surface area contributed by atoms with Gasteiger partial charge in [-0.15, -0.1) is 0 Å². The Morgan fingerprint density at radius 3 is 2.19 bits per heavy atom. The van der Waals surface area contributed by atoms with Crippen LogP contribution in [0.25, 0.3) is 0 Å². The minimum atomic E-state index is -1.26. The van der Waals surface area contributed by atoms with Crippen LogP contribution in [0, 0.1) is 5.92 Å². The monoisotopic (exact) mass is 301 g/mol. The first kappa shape index (κ1) is 16.9. The predicted octanol–water partition coefficient (Wildman–Crippen LogP) is 1.53. The molecule has 0 saturated carbocycles. The van der Waals surface area contributed by atoms with Crippen molar-refractivity contribution in [3.63, 3.8) is 0 Å². The Hall–Kier alpha value is -2.12. The number of carbonyl (C=O) groups is 4. The molecule has 0 aliphatic carbocycles. The number of amides is 2. The molecule has 1 aliphatic heterocycles. The largest absolute Gasteiger partial charge is 0.537 e. The van der Waals surface area contributed by atoms with Crippen molar-refractivity contribution in [1.82, 2.24) is 5.06 Å². The van der Waals surface area contributed by atoms with Crippen molar-refractivity contribution >= 4 is 23.9 Å². The van der Waals surface area contributed by atoms with Crippen LogP contribution in [-0.4, -0.2) is 35.3 Å². The average Bonchev–Trinajstić information content (AvgIpc) is 2.70. The van der Waals surface area contributed by atoms with E-state index in [0.29, 0.717) is 11.5 Å². The lowest BCUT2D eigenvalue weighted by Gasteiger charge is -2.21. The van der Waals surface area contributed by atoms with Crippen molar-refractivity contribution in [2.75, 3.05) is 0 Å². The lowest BCUT2D eigenvalue weighted by Crippen LogP contribution is -2.36. The van der Waals surface area contributed by atoms with Gasteiger partial charge in [-0.3, -0.25) is 19.2 Å². The molecule has 118 valence electrons. The van der Waals surface area contributed by atoms with Gasteiger partial charge in [0.2, 0.25) is 0 Å². The minimum absolute atomic E-state index is 0.00872. The van der Waals surface area contributed by atoms with E-state index in [9.17, 15) is 19.2 Å². The Labute approximate surface area is 122 Å². The second-order valence-electron chi connectivity index (χ2n) is 4.89. The summed E-state index contributed by atoms with van der Waals surface area (Å²) in [6.07, 6.45) is -1.61. The lowest BCUT2D eigenvalue weighted by molar-refractivity contribution is -0.199. The summed E-state index contributed by atoms with van der Waals surface area (Å²) in [4.78, 5) is 50.1. The van der Waals surface area contributed by atoms with E-state index in [1.165, 1.54) is 0 Å². The van der Waals surface area contributed by atoms with Crippen LogP contribution in [0.2, 0.25) is 0 Å². The first-order valence-corrected chi connectivity index (χ1v) is 6.79. The molecule has 1 unspecified atom stereocenters. The zero-order chi connectivity index (χ0) is 16.0. The highest BCUT2D eigenvalue weighted by Crippen LogP contribution is 2.15. The van der Waals surface area contributed by atoms with Gasteiger partial charge in [-0.05, 0) is 6.42 Å². The second-order valence-corrected chi connectivity index (χ2v) is 4.89. The number of esters is 1. The molecule has 0 aromatic heterocycles. The molecule has 2 amide bonds. The third kappa shape index (κ3) is 5.05. The quantitative estimate of drug-likeness (QED) is 0.416. The molecule has 0 radical (unpaired) electrons. The van der Waals surface area contributed by atoms with Crippen molar-refractivity contribution in [2.45, 2.75) is 52.7 Å². The molecule has 0 aromatic carbocycles. The molecule has 1 heterocycles. The maximum absolute atomic E-state index is 11.6. The van der Waals surface area contributed by atoms with Gasteiger partial charge in [-0.1, -0.05) is 25.8 Å². The molecule has 0 bridgehead atoms. The van der Waals surface area contributed by atoms with Crippen molar-refractivity contribution in [1.29, 1.82) is 0 Å². The van der Waals surface area contributed by atoms with Crippen LogP contribution in [0.5, 0.6) is 0 Å². The molecule has 1 saturated heterocycles. The molecule has 1 fully saturated rings. The van der Waals surface area contributed by atoms with Crippen LogP contribution in [0.3, 0.4) is 0 Å². The van der Waals surface area contributed by atoms with Crippen molar-refractivity contribution in [2.24, 2.45) is 5.92 Å². The molecule has 0 N–H and O–H groups in total. The summed E-state index contributed by atoms with van der Waals surface area (Å²) < 4.78 is 9.83. The van der Waals surface area contributed by atoms with E-state index < -0.39 is 30.2 Å². The Bertz CT molecular complexity index is 416. The highest BCUT2D eigenvalue weighted by Gasteiger charge is 2.34. The molecule has 8 nitrogen and oxygen atoms in total. The van der Waals surface area contributed by atoms with Crippen molar-refractivity contribution < 1.29 is 33.5 Å². The van der Waals surface area contributed by atoms with Crippen LogP contribution in [-0.2, 0) is 28.7 Å². The number of hydrogen-bond donors (Lipinski definition) is 0. The maximum Gasteiger partial charge on any atom is 0.537 e. The smallest absolute Gasteiger partial charge is 0.425 e. The highest BCUT2D eigenvalue weighted by atomic mass is 16.9. The third-order valence-corrected chi connectivity index (χ3v) is 2.63. The molecular formula is C13H19NO7. The fraction of sp³-hybridized carbons (Fsp3) is 0.692. The van der Waals surface area contributed by atoms with E-state index in [2.05, 4.69) is 4.84 Å². The summed E-state index contributed by atoms with van der Waals surface area (Å²) in [6.45, 7) is 5.18. The van der Waals surface area contributed by atoms with Gasteiger partial charge in [-0.2, -0.15) is 0 Å². The van der Waals surface area contributed by atoms with Crippen molar-refractivity contribution in [3.8, 4) is 0 Å². The van der Waals surface area contributed by atoms with Crippen LogP contribution >= 0.6 is 0 Å². The summed E-state index contributed by atoms with van der Waals surface area (Å²) in [5.74, 6) is -2.03. The molecule has 8 heteroatoms. The van der Waals surface area contributed by atoms with Gasteiger partial charge in [0, 0.05) is 25.2 Å². The molecular weight excluding hydrogens is 282 g/mol. The summed E-state index contributed by atoms with van der Waals surface area (Å²) >= 11 is 0. The van der Waals surface area contributed by atoms with E-state index in [1.54, 1.807) is 13.8 Å². The van der Waals surface area contributed by atoms with Crippen LogP contribution < -0.4 is 0 Å². The topological polar surface area (TPSA) is 99.2 Å². The second kappa shape index (κ2) is 7.61. The summed E-state index contributed by atoms with van der Waals surface area (Å²) in [5.41, 5.74) is 0. The van der Waals surface area contributed by atoms with E-state index >= 15 is 0 Å². The van der Waals surface area contributed by atoms with E-state index in [-0.39, 0.29) is 25.2 Å². The average molecular weight is 301 g/mol. The van der Waals surface area contributed by atoms with Gasteiger partial charge in [0.25, 0.3) is 18.1 Å². The fourth-order valence-corrected chi connectivity index (χ4v) is 1.54. The zero-order valence-electron chi connectivity index (χ0n) is 12.3. The van der Waals surface area contributed by atoms with E-state index in [0.717, 1.165) is 0 Å². The van der Waals surface area contributed by atoms with Gasteiger partial charge < -0.3 is 9.47 Å². The molecule has 1 rings (SSSR count).